The largest absolute Gasteiger partial charge is 0.328 e. The SMILES string of the molecule is CC(N)CCCC(C)C(=O)Nc1c(Br)cccc1Br. The van der Waals surface area contributed by atoms with Gasteiger partial charge in [0.2, 0.25) is 5.91 Å². The standard InChI is InChI=1S/C14H20Br2N2O/c1-9(5-3-6-10(2)17)14(19)18-13-11(15)7-4-8-12(13)16/h4,7-10H,3,5-6,17H2,1-2H3,(H,18,19). The van der Waals surface area contributed by atoms with E-state index in [1.165, 1.54) is 0 Å². The maximum absolute atomic E-state index is 12.1. The summed E-state index contributed by atoms with van der Waals surface area (Å²) < 4.78 is 1.75. The van der Waals surface area contributed by atoms with E-state index < -0.39 is 0 Å². The number of amides is 1. The zero-order valence-electron chi connectivity index (χ0n) is 11.2. The van der Waals surface area contributed by atoms with Gasteiger partial charge in [0.05, 0.1) is 5.69 Å². The number of carbonyl (C=O) groups is 1. The molecule has 1 rings (SSSR count). The van der Waals surface area contributed by atoms with Crippen molar-refractivity contribution in [3.8, 4) is 0 Å². The Hall–Kier alpha value is -0.390. The number of hydrogen-bond acceptors (Lipinski definition) is 2. The van der Waals surface area contributed by atoms with Crippen LogP contribution in [0.4, 0.5) is 5.69 Å². The molecule has 2 atom stereocenters. The van der Waals surface area contributed by atoms with Crippen LogP contribution in [-0.4, -0.2) is 11.9 Å². The maximum atomic E-state index is 12.1. The van der Waals surface area contributed by atoms with Crippen LogP contribution in [0.15, 0.2) is 27.1 Å². The van der Waals surface area contributed by atoms with Crippen LogP contribution >= 0.6 is 31.9 Å². The summed E-state index contributed by atoms with van der Waals surface area (Å²) in [4.78, 5) is 12.1. The highest BCUT2D eigenvalue weighted by Crippen LogP contribution is 2.31. The van der Waals surface area contributed by atoms with Gasteiger partial charge in [-0.05, 0) is 63.8 Å². The number of hydrogen-bond donors (Lipinski definition) is 2. The summed E-state index contributed by atoms with van der Waals surface area (Å²) in [5, 5.41) is 2.95. The molecular formula is C14H20Br2N2O. The number of rotatable bonds is 6. The predicted octanol–water partition coefficient (Wildman–Crippen LogP) is 4.30. The number of nitrogens with one attached hydrogen (secondary N) is 1. The first-order valence-electron chi connectivity index (χ1n) is 6.42. The molecule has 0 aromatic heterocycles. The molecule has 0 bridgehead atoms. The Labute approximate surface area is 131 Å². The monoisotopic (exact) mass is 390 g/mol. The van der Waals surface area contributed by atoms with Crippen molar-refractivity contribution in [1.29, 1.82) is 0 Å². The highest BCUT2D eigenvalue weighted by Gasteiger charge is 2.15. The van der Waals surface area contributed by atoms with Crippen LogP contribution in [0.5, 0.6) is 0 Å². The summed E-state index contributed by atoms with van der Waals surface area (Å²) in [5.74, 6) is 0.0232. The second kappa shape index (κ2) is 8.02. The quantitative estimate of drug-likeness (QED) is 0.759. The van der Waals surface area contributed by atoms with Crippen LogP contribution in [0, 0.1) is 5.92 Å². The Bertz CT molecular complexity index is 415. The van der Waals surface area contributed by atoms with Gasteiger partial charge in [0.1, 0.15) is 0 Å². The molecule has 0 aliphatic heterocycles. The van der Waals surface area contributed by atoms with Gasteiger partial charge in [-0.3, -0.25) is 4.79 Å². The van der Waals surface area contributed by atoms with Gasteiger partial charge in [-0.15, -0.1) is 0 Å². The summed E-state index contributed by atoms with van der Waals surface area (Å²) in [6.07, 6.45) is 2.79. The van der Waals surface area contributed by atoms with Gasteiger partial charge in [-0.25, -0.2) is 0 Å². The van der Waals surface area contributed by atoms with Gasteiger partial charge in [0, 0.05) is 20.9 Å². The fourth-order valence-electron chi connectivity index (χ4n) is 1.74. The first kappa shape index (κ1) is 16.7. The first-order chi connectivity index (χ1) is 8.91. The Morgan fingerprint density at radius 1 is 1.26 bits per heavy atom. The van der Waals surface area contributed by atoms with Crippen LogP contribution in [0.3, 0.4) is 0 Å². The molecule has 3 N–H and O–H groups in total. The van der Waals surface area contributed by atoms with E-state index in [1.54, 1.807) is 0 Å². The van der Waals surface area contributed by atoms with E-state index in [1.807, 2.05) is 32.0 Å². The smallest absolute Gasteiger partial charge is 0.227 e. The van der Waals surface area contributed by atoms with E-state index in [0.717, 1.165) is 33.9 Å². The highest BCUT2D eigenvalue weighted by molar-refractivity contribution is 9.11. The Kier molecular flexibility index (Phi) is 7.04. The number of anilines is 1. The molecule has 0 fully saturated rings. The average molecular weight is 392 g/mol. The molecular weight excluding hydrogens is 372 g/mol. The number of benzene rings is 1. The van der Waals surface area contributed by atoms with Crippen LogP contribution in [0.25, 0.3) is 0 Å². The summed E-state index contributed by atoms with van der Waals surface area (Å²) in [6, 6.07) is 5.92. The van der Waals surface area contributed by atoms with Crippen molar-refractivity contribution in [3.05, 3.63) is 27.1 Å². The molecule has 0 heterocycles. The molecule has 1 amide bonds. The van der Waals surface area contributed by atoms with Gasteiger partial charge in [-0.2, -0.15) is 0 Å². The zero-order valence-corrected chi connectivity index (χ0v) is 14.4. The minimum atomic E-state index is -0.0160. The summed E-state index contributed by atoms with van der Waals surface area (Å²) in [6.45, 7) is 3.93. The van der Waals surface area contributed by atoms with Gasteiger partial charge in [0.15, 0.2) is 0 Å². The van der Waals surface area contributed by atoms with Crippen LogP contribution in [0.1, 0.15) is 33.1 Å². The molecule has 3 nitrogen and oxygen atoms in total. The van der Waals surface area contributed by atoms with Gasteiger partial charge in [0.25, 0.3) is 0 Å². The van der Waals surface area contributed by atoms with Gasteiger partial charge < -0.3 is 11.1 Å². The maximum Gasteiger partial charge on any atom is 0.227 e. The molecule has 1 aromatic rings. The molecule has 0 aliphatic rings. The second-order valence-corrected chi connectivity index (χ2v) is 6.60. The van der Waals surface area contributed by atoms with Crippen molar-refractivity contribution in [2.45, 2.75) is 39.2 Å². The van der Waals surface area contributed by atoms with E-state index in [0.29, 0.717) is 0 Å². The van der Waals surface area contributed by atoms with E-state index in [2.05, 4.69) is 37.2 Å². The van der Waals surface area contributed by atoms with E-state index in [4.69, 9.17) is 5.73 Å². The fourth-order valence-corrected chi connectivity index (χ4v) is 2.94. The van der Waals surface area contributed by atoms with Crippen molar-refractivity contribution in [3.63, 3.8) is 0 Å². The first-order valence-corrected chi connectivity index (χ1v) is 8.01. The number of nitrogens with two attached hydrogens (primary N) is 1. The van der Waals surface area contributed by atoms with E-state index in [9.17, 15) is 4.79 Å². The van der Waals surface area contributed by atoms with E-state index >= 15 is 0 Å². The highest BCUT2D eigenvalue weighted by atomic mass is 79.9. The third kappa shape index (κ3) is 5.63. The summed E-state index contributed by atoms with van der Waals surface area (Å²) in [7, 11) is 0. The molecule has 0 spiro atoms. The molecule has 0 aliphatic carbocycles. The Morgan fingerprint density at radius 3 is 2.37 bits per heavy atom. The topological polar surface area (TPSA) is 55.1 Å². The lowest BCUT2D eigenvalue weighted by Gasteiger charge is -2.14. The fraction of sp³-hybridized carbons (Fsp3) is 0.500. The summed E-state index contributed by atoms with van der Waals surface area (Å²) >= 11 is 6.87. The van der Waals surface area contributed by atoms with Crippen molar-refractivity contribution in [2.75, 3.05) is 5.32 Å². The van der Waals surface area contributed by atoms with Crippen LogP contribution in [-0.2, 0) is 4.79 Å². The lowest BCUT2D eigenvalue weighted by molar-refractivity contribution is -0.119. The molecule has 0 saturated heterocycles. The molecule has 2 unspecified atom stereocenters. The lowest BCUT2D eigenvalue weighted by atomic mass is 10.0. The number of carbonyl (C=O) groups excluding carboxylic acids is 1. The third-order valence-corrected chi connectivity index (χ3v) is 4.28. The predicted molar refractivity (Wildman–Crippen MR) is 87.1 cm³/mol. The van der Waals surface area contributed by atoms with Gasteiger partial charge in [-0.1, -0.05) is 19.4 Å². The third-order valence-electron chi connectivity index (χ3n) is 2.96. The van der Waals surface area contributed by atoms with Crippen molar-refractivity contribution in [2.24, 2.45) is 11.7 Å². The molecule has 0 saturated carbocycles. The van der Waals surface area contributed by atoms with Crippen LogP contribution in [0.2, 0.25) is 0 Å². The Balaban J connectivity index is 2.54. The normalized spacial score (nSPS) is 13.9. The minimum Gasteiger partial charge on any atom is -0.328 e. The number of para-hydroxylation sites is 1. The van der Waals surface area contributed by atoms with Crippen molar-refractivity contribution < 1.29 is 4.79 Å². The van der Waals surface area contributed by atoms with Gasteiger partial charge >= 0.3 is 0 Å². The molecule has 106 valence electrons. The van der Waals surface area contributed by atoms with Crippen molar-refractivity contribution >= 4 is 43.5 Å². The van der Waals surface area contributed by atoms with Crippen molar-refractivity contribution in [1.82, 2.24) is 0 Å². The molecule has 5 heteroatoms. The van der Waals surface area contributed by atoms with Crippen LogP contribution < -0.4 is 11.1 Å². The zero-order chi connectivity index (χ0) is 14.4. The molecule has 1 aromatic carbocycles. The average Bonchev–Trinajstić information content (AvgIpc) is 2.33. The summed E-state index contributed by atoms with van der Waals surface area (Å²) in [5.41, 5.74) is 6.49. The molecule has 0 radical (unpaired) electrons. The molecule has 19 heavy (non-hydrogen) atoms. The lowest BCUT2D eigenvalue weighted by Crippen LogP contribution is -2.22. The number of halogens is 2. The Morgan fingerprint density at radius 2 is 1.84 bits per heavy atom. The minimum absolute atomic E-state index is 0.0160. The van der Waals surface area contributed by atoms with E-state index in [-0.39, 0.29) is 17.9 Å². The second-order valence-electron chi connectivity index (χ2n) is 4.90.